The van der Waals surface area contributed by atoms with Gasteiger partial charge in [-0.1, -0.05) is 0 Å². The first-order valence-corrected chi connectivity index (χ1v) is 7.17. The number of rotatable bonds is 2. The molecule has 1 amide bonds. The Balaban J connectivity index is 1.86. The van der Waals surface area contributed by atoms with Crippen LogP contribution in [0, 0.1) is 11.7 Å². The van der Waals surface area contributed by atoms with E-state index < -0.39 is 0 Å². The third-order valence-electron chi connectivity index (χ3n) is 3.60. The van der Waals surface area contributed by atoms with Crippen molar-refractivity contribution in [3.05, 3.63) is 35.0 Å². The SMILES string of the molecule is NC[C@H]1CCN(C(=O)c2cc3cc(F)ccc3s2)C1. The van der Waals surface area contributed by atoms with Crippen LogP contribution in [-0.4, -0.2) is 30.4 Å². The van der Waals surface area contributed by atoms with Crippen molar-refractivity contribution >= 4 is 27.3 Å². The fourth-order valence-corrected chi connectivity index (χ4v) is 3.50. The van der Waals surface area contributed by atoms with Gasteiger partial charge in [0.15, 0.2) is 0 Å². The van der Waals surface area contributed by atoms with Gasteiger partial charge in [0.05, 0.1) is 4.88 Å². The van der Waals surface area contributed by atoms with E-state index in [1.54, 1.807) is 12.1 Å². The van der Waals surface area contributed by atoms with Crippen molar-refractivity contribution in [2.24, 2.45) is 11.7 Å². The highest BCUT2D eigenvalue weighted by atomic mass is 32.1. The molecule has 0 bridgehead atoms. The number of thiophene rings is 1. The number of amides is 1. The van der Waals surface area contributed by atoms with Gasteiger partial charge in [-0.05, 0) is 48.5 Å². The van der Waals surface area contributed by atoms with Crippen LogP contribution in [0.2, 0.25) is 0 Å². The van der Waals surface area contributed by atoms with E-state index in [2.05, 4.69) is 0 Å². The zero-order chi connectivity index (χ0) is 13.4. The quantitative estimate of drug-likeness (QED) is 0.917. The molecule has 0 radical (unpaired) electrons. The van der Waals surface area contributed by atoms with E-state index in [1.807, 2.05) is 4.90 Å². The van der Waals surface area contributed by atoms with Crippen molar-refractivity contribution in [3.8, 4) is 0 Å². The summed E-state index contributed by atoms with van der Waals surface area (Å²) in [5.74, 6) is 0.182. The molecule has 19 heavy (non-hydrogen) atoms. The van der Waals surface area contributed by atoms with E-state index in [0.29, 0.717) is 17.3 Å². The van der Waals surface area contributed by atoms with E-state index in [0.717, 1.165) is 29.6 Å². The summed E-state index contributed by atoms with van der Waals surface area (Å²) in [5, 5.41) is 0.794. The van der Waals surface area contributed by atoms with Gasteiger partial charge in [0.1, 0.15) is 5.82 Å². The Morgan fingerprint density at radius 1 is 1.47 bits per heavy atom. The van der Waals surface area contributed by atoms with Gasteiger partial charge in [0.2, 0.25) is 0 Å². The zero-order valence-corrected chi connectivity index (χ0v) is 11.3. The molecule has 3 nitrogen and oxygen atoms in total. The summed E-state index contributed by atoms with van der Waals surface area (Å²) in [6, 6.07) is 6.39. The largest absolute Gasteiger partial charge is 0.338 e. The fourth-order valence-electron chi connectivity index (χ4n) is 2.48. The summed E-state index contributed by atoms with van der Waals surface area (Å²) in [7, 11) is 0. The van der Waals surface area contributed by atoms with Crippen LogP contribution in [0.15, 0.2) is 24.3 Å². The number of nitrogens with zero attached hydrogens (tertiary/aromatic N) is 1. The summed E-state index contributed by atoms with van der Waals surface area (Å²) in [5.41, 5.74) is 5.64. The van der Waals surface area contributed by atoms with Crippen LogP contribution in [0.25, 0.3) is 10.1 Å². The molecule has 1 aliphatic heterocycles. The van der Waals surface area contributed by atoms with Gasteiger partial charge in [-0.2, -0.15) is 0 Å². The Labute approximate surface area is 114 Å². The van der Waals surface area contributed by atoms with Gasteiger partial charge in [-0.25, -0.2) is 4.39 Å². The standard InChI is InChI=1S/C14H15FN2OS/c15-11-1-2-12-10(5-11)6-13(19-12)14(18)17-4-3-9(7-16)8-17/h1-2,5-6,9H,3-4,7-8,16H2/t9-/m1/s1. The minimum atomic E-state index is -0.270. The first kappa shape index (κ1) is 12.6. The second-order valence-electron chi connectivity index (χ2n) is 4.93. The molecule has 0 spiro atoms. The Kier molecular flexibility index (Phi) is 3.24. The Morgan fingerprint density at radius 2 is 2.32 bits per heavy atom. The summed E-state index contributed by atoms with van der Waals surface area (Å²) in [6.07, 6.45) is 0.974. The van der Waals surface area contributed by atoms with Gasteiger partial charge in [-0.3, -0.25) is 4.79 Å². The smallest absolute Gasteiger partial charge is 0.263 e. The van der Waals surface area contributed by atoms with Crippen LogP contribution in [0.4, 0.5) is 4.39 Å². The summed E-state index contributed by atoms with van der Waals surface area (Å²) >= 11 is 1.42. The molecule has 2 heterocycles. The third kappa shape index (κ3) is 2.35. The minimum absolute atomic E-state index is 0.0394. The number of likely N-dealkylation sites (tertiary alicyclic amines) is 1. The molecule has 100 valence electrons. The number of carbonyl (C=O) groups excluding carboxylic acids is 1. The van der Waals surface area contributed by atoms with Gasteiger partial charge in [0, 0.05) is 17.8 Å². The Morgan fingerprint density at radius 3 is 3.05 bits per heavy atom. The molecular formula is C14H15FN2OS. The van der Waals surface area contributed by atoms with Crippen molar-refractivity contribution in [1.29, 1.82) is 0 Å². The molecule has 1 aromatic heterocycles. The second-order valence-corrected chi connectivity index (χ2v) is 6.02. The Hall–Kier alpha value is -1.46. The fraction of sp³-hybridized carbons (Fsp3) is 0.357. The highest BCUT2D eigenvalue weighted by Gasteiger charge is 2.26. The highest BCUT2D eigenvalue weighted by Crippen LogP contribution is 2.28. The molecule has 0 aliphatic carbocycles. The van der Waals surface area contributed by atoms with Crippen LogP contribution in [0.3, 0.4) is 0 Å². The van der Waals surface area contributed by atoms with Crippen molar-refractivity contribution in [2.75, 3.05) is 19.6 Å². The number of hydrogen-bond acceptors (Lipinski definition) is 3. The summed E-state index contributed by atoms with van der Waals surface area (Å²) in [6.45, 7) is 2.13. The third-order valence-corrected chi connectivity index (χ3v) is 4.70. The van der Waals surface area contributed by atoms with Crippen LogP contribution >= 0.6 is 11.3 Å². The molecule has 5 heteroatoms. The first-order chi connectivity index (χ1) is 9.17. The van der Waals surface area contributed by atoms with Crippen LogP contribution in [-0.2, 0) is 0 Å². The molecule has 1 aromatic carbocycles. The lowest BCUT2D eigenvalue weighted by atomic mass is 10.1. The van der Waals surface area contributed by atoms with Gasteiger partial charge < -0.3 is 10.6 Å². The molecule has 0 unspecified atom stereocenters. The normalized spacial score (nSPS) is 19.3. The highest BCUT2D eigenvalue weighted by molar-refractivity contribution is 7.20. The van der Waals surface area contributed by atoms with Crippen LogP contribution in [0.5, 0.6) is 0 Å². The van der Waals surface area contributed by atoms with E-state index in [-0.39, 0.29) is 11.7 Å². The molecule has 1 atom stereocenters. The lowest BCUT2D eigenvalue weighted by molar-refractivity contribution is 0.0792. The predicted octanol–water partition coefficient (Wildman–Crippen LogP) is 2.46. The lowest BCUT2D eigenvalue weighted by Gasteiger charge is -2.14. The van der Waals surface area contributed by atoms with Gasteiger partial charge >= 0.3 is 0 Å². The van der Waals surface area contributed by atoms with Crippen molar-refractivity contribution < 1.29 is 9.18 Å². The molecule has 2 aromatic rings. The topological polar surface area (TPSA) is 46.3 Å². The maximum atomic E-state index is 13.1. The lowest BCUT2D eigenvalue weighted by Crippen LogP contribution is -2.29. The molecular weight excluding hydrogens is 263 g/mol. The predicted molar refractivity (Wildman–Crippen MR) is 74.8 cm³/mol. The Bertz CT molecular complexity index is 625. The van der Waals surface area contributed by atoms with Crippen LogP contribution in [0.1, 0.15) is 16.1 Å². The maximum Gasteiger partial charge on any atom is 0.263 e. The van der Waals surface area contributed by atoms with Crippen LogP contribution < -0.4 is 5.73 Å². The van der Waals surface area contributed by atoms with Crippen molar-refractivity contribution in [1.82, 2.24) is 4.90 Å². The second kappa shape index (κ2) is 4.90. The van der Waals surface area contributed by atoms with Gasteiger partial charge in [-0.15, -0.1) is 11.3 Å². The van der Waals surface area contributed by atoms with E-state index in [4.69, 9.17) is 5.73 Å². The van der Waals surface area contributed by atoms with E-state index in [1.165, 1.54) is 23.5 Å². The maximum absolute atomic E-state index is 13.1. The zero-order valence-electron chi connectivity index (χ0n) is 10.4. The van der Waals surface area contributed by atoms with Crippen molar-refractivity contribution in [3.63, 3.8) is 0 Å². The monoisotopic (exact) mass is 278 g/mol. The minimum Gasteiger partial charge on any atom is -0.338 e. The summed E-state index contributed by atoms with van der Waals surface area (Å²) < 4.78 is 14.1. The molecule has 2 N–H and O–H groups in total. The molecule has 1 saturated heterocycles. The first-order valence-electron chi connectivity index (χ1n) is 6.36. The molecule has 1 fully saturated rings. The number of carbonyl (C=O) groups is 1. The van der Waals surface area contributed by atoms with E-state index >= 15 is 0 Å². The number of fused-ring (bicyclic) bond motifs is 1. The number of hydrogen-bond donors (Lipinski definition) is 1. The molecule has 1 aliphatic rings. The number of halogens is 1. The number of benzene rings is 1. The average Bonchev–Trinajstić information content (AvgIpc) is 3.03. The van der Waals surface area contributed by atoms with Crippen molar-refractivity contribution in [2.45, 2.75) is 6.42 Å². The average molecular weight is 278 g/mol. The molecule has 0 saturated carbocycles. The number of nitrogens with two attached hydrogens (primary N) is 1. The molecule has 3 rings (SSSR count). The van der Waals surface area contributed by atoms with Gasteiger partial charge in [0.25, 0.3) is 5.91 Å². The van der Waals surface area contributed by atoms with E-state index in [9.17, 15) is 9.18 Å². The summed E-state index contributed by atoms with van der Waals surface area (Å²) in [4.78, 5) is 14.9.